The fourth-order valence-corrected chi connectivity index (χ4v) is 3.54. The number of ether oxygens (including phenoxy) is 1. The first-order chi connectivity index (χ1) is 12.5. The number of hydrogen-bond donors (Lipinski definition) is 2. The molecule has 26 heavy (non-hydrogen) atoms. The number of nitrogens with one attached hydrogen (secondary N) is 2. The Labute approximate surface area is 159 Å². The van der Waals surface area contributed by atoms with Gasteiger partial charge < -0.3 is 20.3 Å². The van der Waals surface area contributed by atoms with Crippen LogP contribution in [-0.2, 0) is 6.42 Å². The molecule has 1 fully saturated rings. The Morgan fingerprint density at radius 2 is 2.15 bits per heavy atom. The van der Waals surface area contributed by atoms with Crippen LogP contribution in [0.2, 0.25) is 0 Å². The summed E-state index contributed by atoms with van der Waals surface area (Å²) in [4.78, 5) is 6.94. The van der Waals surface area contributed by atoms with Gasteiger partial charge in [0.1, 0.15) is 5.75 Å². The lowest BCUT2D eigenvalue weighted by molar-refractivity contribution is 0.141. The highest BCUT2D eigenvalue weighted by Gasteiger charge is 2.21. The van der Waals surface area contributed by atoms with E-state index in [-0.39, 0.29) is 0 Å². The normalized spacial score (nSPS) is 18.8. The summed E-state index contributed by atoms with van der Waals surface area (Å²) >= 11 is 0. The van der Waals surface area contributed by atoms with Crippen molar-refractivity contribution in [2.45, 2.75) is 46.1 Å². The van der Waals surface area contributed by atoms with Gasteiger partial charge >= 0.3 is 0 Å². The van der Waals surface area contributed by atoms with E-state index in [2.05, 4.69) is 59.5 Å². The van der Waals surface area contributed by atoms with Gasteiger partial charge in [-0.2, -0.15) is 0 Å². The summed E-state index contributed by atoms with van der Waals surface area (Å²) in [5.74, 6) is 2.55. The summed E-state index contributed by atoms with van der Waals surface area (Å²) in [6, 6.07) is 7.04. The number of guanidine groups is 1. The summed E-state index contributed by atoms with van der Waals surface area (Å²) in [7, 11) is 3.56. The van der Waals surface area contributed by atoms with E-state index >= 15 is 0 Å². The molecule has 0 aliphatic carbocycles. The first-order valence-electron chi connectivity index (χ1n) is 9.85. The molecular formula is C21H36N4O. The van der Waals surface area contributed by atoms with Crippen molar-refractivity contribution in [3.05, 3.63) is 29.3 Å². The summed E-state index contributed by atoms with van der Waals surface area (Å²) in [6.07, 6.45) is 3.55. The predicted octanol–water partition coefficient (Wildman–Crippen LogP) is 2.83. The molecule has 2 rings (SSSR count). The third-order valence-corrected chi connectivity index (χ3v) is 5.24. The Morgan fingerprint density at radius 3 is 2.85 bits per heavy atom. The first kappa shape index (κ1) is 20.6. The maximum absolute atomic E-state index is 5.40. The Balaban J connectivity index is 1.74. The molecule has 0 amide bonds. The lowest BCUT2D eigenvalue weighted by atomic mass is 9.97. The van der Waals surface area contributed by atoms with E-state index in [9.17, 15) is 0 Å². The summed E-state index contributed by atoms with van der Waals surface area (Å²) in [6.45, 7) is 10.9. The van der Waals surface area contributed by atoms with Crippen molar-refractivity contribution in [3.8, 4) is 5.75 Å². The zero-order valence-corrected chi connectivity index (χ0v) is 17.1. The molecule has 0 radical (unpaired) electrons. The number of aliphatic imine (C=N–C) groups is 1. The molecule has 2 N–H and O–H groups in total. The molecule has 1 aromatic rings. The van der Waals surface area contributed by atoms with E-state index in [0.717, 1.165) is 31.2 Å². The van der Waals surface area contributed by atoms with Crippen LogP contribution in [-0.4, -0.2) is 57.2 Å². The van der Waals surface area contributed by atoms with Crippen molar-refractivity contribution in [3.63, 3.8) is 0 Å². The molecule has 1 saturated heterocycles. The second kappa shape index (κ2) is 10.4. The van der Waals surface area contributed by atoms with E-state index < -0.39 is 0 Å². The molecule has 0 aromatic heterocycles. The summed E-state index contributed by atoms with van der Waals surface area (Å²) in [5, 5.41) is 6.93. The van der Waals surface area contributed by atoms with Gasteiger partial charge in [-0.1, -0.05) is 12.1 Å². The molecule has 0 bridgehead atoms. The maximum Gasteiger partial charge on any atom is 0.190 e. The predicted molar refractivity (Wildman–Crippen MR) is 110 cm³/mol. The number of benzene rings is 1. The topological polar surface area (TPSA) is 48.9 Å². The zero-order valence-electron chi connectivity index (χ0n) is 17.1. The zero-order chi connectivity index (χ0) is 18.9. The average Bonchev–Trinajstić information content (AvgIpc) is 2.65. The van der Waals surface area contributed by atoms with Crippen LogP contribution in [0.4, 0.5) is 0 Å². The van der Waals surface area contributed by atoms with E-state index in [4.69, 9.17) is 4.74 Å². The van der Waals surface area contributed by atoms with Crippen molar-refractivity contribution in [2.24, 2.45) is 10.9 Å². The Hall–Kier alpha value is -1.75. The molecule has 146 valence electrons. The highest BCUT2D eigenvalue weighted by atomic mass is 16.5. The van der Waals surface area contributed by atoms with Crippen LogP contribution in [0.15, 0.2) is 23.2 Å². The van der Waals surface area contributed by atoms with E-state index in [1.807, 2.05) is 7.05 Å². The van der Waals surface area contributed by atoms with Gasteiger partial charge in [-0.05, 0) is 69.7 Å². The standard InChI is InChI=1S/C21H36N4O/c1-16(2)25-12-6-7-19(15-25)14-24-21(22-4)23-11-10-18-9-8-17(3)20(13-18)26-5/h8-9,13,16,19H,6-7,10-12,14-15H2,1-5H3,(H2,22,23,24). The van der Waals surface area contributed by atoms with Crippen molar-refractivity contribution < 1.29 is 4.74 Å². The van der Waals surface area contributed by atoms with Crippen LogP contribution >= 0.6 is 0 Å². The lowest BCUT2D eigenvalue weighted by Gasteiger charge is -2.35. The second-order valence-electron chi connectivity index (χ2n) is 7.53. The van der Waals surface area contributed by atoms with Crippen molar-refractivity contribution >= 4 is 5.96 Å². The van der Waals surface area contributed by atoms with Gasteiger partial charge in [-0.25, -0.2) is 0 Å². The smallest absolute Gasteiger partial charge is 0.190 e. The highest BCUT2D eigenvalue weighted by Crippen LogP contribution is 2.19. The van der Waals surface area contributed by atoms with Crippen molar-refractivity contribution in [2.75, 3.05) is 40.3 Å². The largest absolute Gasteiger partial charge is 0.496 e. The molecule has 1 heterocycles. The van der Waals surface area contributed by atoms with Gasteiger partial charge in [0.05, 0.1) is 7.11 Å². The molecule has 0 saturated carbocycles. The number of rotatable bonds is 7. The number of aryl methyl sites for hydroxylation is 1. The van der Waals surface area contributed by atoms with E-state index in [1.54, 1.807) is 7.11 Å². The molecule has 0 spiro atoms. The molecular weight excluding hydrogens is 324 g/mol. The molecule has 5 heteroatoms. The van der Waals surface area contributed by atoms with E-state index in [0.29, 0.717) is 12.0 Å². The summed E-state index contributed by atoms with van der Waals surface area (Å²) < 4.78 is 5.40. The SMILES string of the molecule is CN=C(NCCc1ccc(C)c(OC)c1)NCC1CCCN(C(C)C)C1. The second-order valence-corrected chi connectivity index (χ2v) is 7.53. The third-order valence-electron chi connectivity index (χ3n) is 5.24. The number of hydrogen-bond acceptors (Lipinski definition) is 3. The minimum atomic E-state index is 0.640. The van der Waals surface area contributed by atoms with Crippen LogP contribution in [0.3, 0.4) is 0 Å². The molecule has 1 aliphatic heterocycles. The van der Waals surface area contributed by atoms with E-state index in [1.165, 1.54) is 37.1 Å². The fourth-order valence-electron chi connectivity index (χ4n) is 3.54. The van der Waals surface area contributed by atoms with Gasteiger partial charge in [0.2, 0.25) is 0 Å². The van der Waals surface area contributed by atoms with Gasteiger partial charge in [0.25, 0.3) is 0 Å². The number of methoxy groups -OCH3 is 1. The lowest BCUT2D eigenvalue weighted by Crippen LogP contribution is -2.46. The van der Waals surface area contributed by atoms with Crippen LogP contribution in [0.25, 0.3) is 0 Å². The number of likely N-dealkylation sites (tertiary alicyclic amines) is 1. The number of piperidine rings is 1. The Morgan fingerprint density at radius 1 is 1.35 bits per heavy atom. The van der Waals surface area contributed by atoms with Gasteiger partial charge in [0, 0.05) is 32.7 Å². The van der Waals surface area contributed by atoms with Gasteiger partial charge in [0.15, 0.2) is 5.96 Å². The fraction of sp³-hybridized carbons (Fsp3) is 0.667. The van der Waals surface area contributed by atoms with Gasteiger partial charge in [-0.15, -0.1) is 0 Å². The minimum absolute atomic E-state index is 0.640. The Bertz CT molecular complexity index is 585. The molecule has 1 unspecified atom stereocenters. The third kappa shape index (κ3) is 6.20. The van der Waals surface area contributed by atoms with Crippen molar-refractivity contribution in [1.29, 1.82) is 0 Å². The molecule has 5 nitrogen and oxygen atoms in total. The van der Waals surface area contributed by atoms with Crippen LogP contribution < -0.4 is 15.4 Å². The molecule has 1 aliphatic rings. The molecule has 1 aromatic carbocycles. The first-order valence-corrected chi connectivity index (χ1v) is 9.85. The van der Waals surface area contributed by atoms with Crippen LogP contribution in [0.5, 0.6) is 5.75 Å². The van der Waals surface area contributed by atoms with Crippen molar-refractivity contribution in [1.82, 2.24) is 15.5 Å². The van der Waals surface area contributed by atoms with Gasteiger partial charge in [-0.3, -0.25) is 4.99 Å². The monoisotopic (exact) mass is 360 g/mol. The average molecular weight is 361 g/mol. The van der Waals surface area contributed by atoms with Crippen LogP contribution in [0, 0.1) is 12.8 Å². The maximum atomic E-state index is 5.40. The highest BCUT2D eigenvalue weighted by molar-refractivity contribution is 5.79. The summed E-state index contributed by atoms with van der Waals surface area (Å²) in [5.41, 5.74) is 2.44. The minimum Gasteiger partial charge on any atom is -0.496 e. The molecule has 1 atom stereocenters. The quantitative estimate of drug-likeness (QED) is 0.580. The Kier molecular flexibility index (Phi) is 8.23. The van der Waals surface area contributed by atoms with Crippen LogP contribution in [0.1, 0.15) is 37.8 Å². The number of nitrogens with zero attached hydrogens (tertiary/aromatic N) is 2.